The Kier molecular flexibility index (Phi) is 5.37. The molecule has 1 aromatic heterocycles. The molecule has 1 saturated heterocycles. The van der Waals surface area contributed by atoms with E-state index in [9.17, 15) is 14.9 Å². The maximum Gasteiger partial charge on any atom is 0.404 e. The van der Waals surface area contributed by atoms with Gasteiger partial charge in [-0.15, -0.1) is 0 Å². The minimum Gasteiger partial charge on any atom is -0.465 e. The topological polar surface area (TPSA) is 123 Å². The molecule has 0 aromatic carbocycles. The van der Waals surface area contributed by atoms with E-state index < -0.39 is 11.0 Å². The largest absolute Gasteiger partial charge is 0.465 e. The van der Waals surface area contributed by atoms with Gasteiger partial charge in [0.25, 0.3) is 0 Å². The van der Waals surface area contributed by atoms with Crippen LogP contribution < -0.4 is 10.2 Å². The minimum atomic E-state index is -1.10. The monoisotopic (exact) mass is 327 g/mol. The summed E-state index contributed by atoms with van der Waals surface area (Å²) in [6.45, 7) is 3.40. The highest BCUT2D eigenvalue weighted by atomic mass is 16.6. The van der Waals surface area contributed by atoms with Gasteiger partial charge in [-0.2, -0.15) is 5.10 Å². The molecule has 10 heteroatoms. The van der Waals surface area contributed by atoms with E-state index in [1.54, 1.807) is 4.68 Å². The third kappa shape index (κ3) is 3.70. The van der Waals surface area contributed by atoms with Gasteiger partial charge in [-0.05, 0) is 19.8 Å². The number of amides is 1. The van der Waals surface area contributed by atoms with E-state index in [2.05, 4.69) is 10.4 Å². The molecule has 10 nitrogen and oxygen atoms in total. The number of nitrogens with one attached hydrogen (secondary N) is 1. The number of nitrogens with zero attached hydrogens (tertiary/aromatic N) is 4. The molecule has 1 aliphatic rings. The number of rotatable bonds is 5. The maximum atomic E-state index is 11.2. The SMILES string of the molecule is CCn1ncc([N+](=O)[O-])c1N1CCC(NC(=O)O)C(OC)CC1. The fourth-order valence-electron chi connectivity index (χ4n) is 2.95. The van der Waals surface area contributed by atoms with Crippen molar-refractivity contribution in [1.82, 2.24) is 15.1 Å². The Morgan fingerprint density at radius 1 is 1.57 bits per heavy atom. The van der Waals surface area contributed by atoms with Crippen LogP contribution in [0.3, 0.4) is 0 Å². The van der Waals surface area contributed by atoms with Gasteiger partial charge in [0.05, 0.1) is 17.1 Å². The molecule has 2 rings (SSSR count). The Morgan fingerprint density at radius 3 is 2.83 bits per heavy atom. The summed E-state index contributed by atoms with van der Waals surface area (Å²) >= 11 is 0. The van der Waals surface area contributed by atoms with Gasteiger partial charge in [0.1, 0.15) is 6.20 Å². The molecule has 0 saturated carbocycles. The molecule has 2 unspecified atom stereocenters. The van der Waals surface area contributed by atoms with Crippen LogP contribution in [0.5, 0.6) is 0 Å². The molecule has 1 fully saturated rings. The number of nitro groups is 1. The molecule has 0 aliphatic carbocycles. The van der Waals surface area contributed by atoms with Crippen LogP contribution >= 0.6 is 0 Å². The van der Waals surface area contributed by atoms with Gasteiger partial charge in [0.15, 0.2) is 0 Å². The first-order chi connectivity index (χ1) is 11.0. The van der Waals surface area contributed by atoms with Crippen LogP contribution in [0.2, 0.25) is 0 Å². The summed E-state index contributed by atoms with van der Waals surface area (Å²) in [5.41, 5.74) is -0.0366. The Bertz CT molecular complexity index is 575. The molecular formula is C13H21N5O5. The second-order valence-corrected chi connectivity index (χ2v) is 5.32. The number of hydrogen-bond acceptors (Lipinski definition) is 6. The summed E-state index contributed by atoms with van der Waals surface area (Å²) in [6, 6.07) is -0.348. The number of methoxy groups -OCH3 is 1. The van der Waals surface area contributed by atoms with E-state index in [0.717, 1.165) is 0 Å². The first-order valence-electron chi connectivity index (χ1n) is 7.45. The van der Waals surface area contributed by atoms with Gasteiger partial charge in [-0.3, -0.25) is 10.1 Å². The van der Waals surface area contributed by atoms with Gasteiger partial charge >= 0.3 is 11.8 Å². The van der Waals surface area contributed by atoms with Crippen molar-refractivity contribution in [3.63, 3.8) is 0 Å². The third-order valence-electron chi connectivity index (χ3n) is 4.04. The highest BCUT2D eigenvalue weighted by Crippen LogP contribution is 2.30. The Hall–Kier alpha value is -2.36. The van der Waals surface area contributed by atoms with E-state index in [4.69, 9.17) is 9.84 Å². The van der Waals surface area contributed by atoms with Crippen LogP contribution in [0.25, 0.3) is 0 Å². The molecule has 0 bridgehead atoms. The van der Waals surface area contributed by atoms with Crippen molar-refractivity contribution in [2.75, 3.05) is 25.1 Å². The summed E-state index contributed by atoms with van der Waals surface area (Å²) in [6.07, 6.45) is 0.942. The fraction of sp³-hybridized carbons (Fsp3) is 0.692. The second kappa shape index (κ2) is 7.27. The molecule has 128 valence electrons. The lowest BCUT2D eigenvalue weighted by atomic mass is 10.1. The predicted octanol–water partition coefficient (Wildman–Crippen LogP) is 1.06. The van der Waals surface area contributed by atoms with Crippen LogP contribution in [0.4, 0.5) is 16.3 Å². The summed E-state index contributed by atoms with van der Waals surface area (Å²) in [5, 5.41) is 26.7. The molecule has 0 radical (unpaired) electrons. The summed E-state index contributed by atoms with van der Waals surface area (Å²) in [7, 11) is 1.54. The standard InChI is InChI=1S/C13H21N5O5/c1-3-17-12(10(8-14-17)18(21)22)16-6-4-9(15-13(19)20)11(23-2)5-7-16/h8-9,11,15H,3-7H2,1-2H3,(H,19,20). The number of anilines is 1. The molecule has 2 N–H and O–H groups in total. The first-order valence-corrected chi connectivity index (χ1v) is 7.45. The number of hydrogen-bond donors (Lipinski definition) is 2. The smallest absolute Gasteiger partial charge is 0.404 e. The van der Waals surface area contributed by atoms with Gasteiger partial charge in [-0.25, -0.2) is 9.48 Å². The molecule has 23 heavy (non-hydrogen) atoms. The van der Waals surface area contributed by atoms with Crippen LogP contribution in [0.15, 0.2) is 6.20 Å². The van der Waals surface area contributed by atoms with Gasteiger partial charge in [-0.1, -0.05) is 0 Å². The van der Waals surface area contributed by atoms with E-state index in [0.29, 0.717) is 38.3 Å². The van der Waals surface area contributed by atoms with E-state index in [-0.39, 0.29) is 17.8 Å². The number of ether oxygens (including phenoxy) is 1. The molecule has 1 aromatic rings. The number of carbonyl (C=O) groups is 1. The van der Waals surface area contributed by atoms with Crippen molar-refractivity contribution >= 4 is 17.6 Å². The quantitative estimate of drug-likeness (QED) is 0.612. The minimum absolute atomic E-state index is 0.0366. The molecule has 2 heterocycles. The van der Waals surface area contributed by atoms with Crippen LogP contribution in [0, 0.1) is 10.1 Å². The van der Waals surface area contributed by atoms with Gasteiger partial charge in [0.2, 0.25) is 5.82 Å². The summed E-state index contributed by atoms with van der Waals surface area (Å²) in [4.78, 5) is 23.6. The number of carboxylic acid groups (broad SMARTS) is 1. The Labute approximate surface area is 133 Å². The highest BCUT2D eigenvalue weighted by Gasteiger charge is 2.32. The highest BCUT2D eigenvalue weighted by molar-refractivity contribution is 5.65. The van der Waals surface area contributed by atoms with Crippen LogP contribution in [0.1, 0.15) is 19.8 Å². The lowest BCUT2D eigenvalue weighted by Gasteiger charge is -2.22. The van der Waals surface area contributed by atoms with Crippen molar-refractivity contribution in [3.05, 3.63) is 16.3 Å². The zero-order chi connectivity index (χ0) is 17.0. The van der Waals surface area contributed by atoms with Gasteiger partial charge in [0, 0.05) is 26.7 Å². The second-order valence-electron chi connectivity index (χ2n) is 5.32. The van der Waals surface area contributed by atoms with Crippen molar-refractivity contribution in [2.24, 2.45) is 0 Å². The lowest BCUT2D eigenvalue weighted by Crippen LogP contribution is -2.43. The summed E-state index contributed by atoms with van der Waals surface area (Å²) in [5.74, 6) is 0.461. The zero-order valence-electron chi connectivity index (χ0n) is 13.1. The molecule has 2 atom stereocenters. The van der Waals surface area contributed by atoms with Gasteiger partial charge < -0.3 is 20.1 Å². The summed E-state index contributed by atoms with van der Waals surface area (Å²) < 4.78 is 6.96. The average Bonchev–Trinajstić information content (AvgIpc) is 2.84. The third-order valence-corrected chi connectivity index (χ3v) is 4.04. The average molecular weight is 327 g/mol. The van der Waals surface area contributed by atoms with E-state index in [1.165, 1.54) is 13.3 Å². The molecule has 1 amide bonds. The van der Waals surface area contributed by atoms with Crippen LogP contribution in [-0.2, 0) is 11.3 Å². The lowest BCUT2D eigenvalue weighted by molar-refractivity contribution is -0.384. The first kappa shape index (κ1) is 17.0. The predicted molar refractivity (Wildman–Crippen MR) is 81.7 cm³/mol. The maximum absolute atomic E-state index is 11.2. The molecule has 0 spiro atoms. The van der Waals surface area contributed by atoms with E-state index >= 15 is 0 Å². The zero-order valence-corrected chi connectivity index (χ0v) is 13.1. The van der Waals surface area contributed by atoms with Crippen LogP contribution in [-0.4, -0.2) is 58.2 Å². The van der Waals surface area contributed by atoms with Crippen molar-refractivity contribution < 1.29 is 19.6 Å². The molecular weight excluding hydrogens is 306 g/mol. The normalized spacial score (nSPS) is 21.7. The van der Waals surface area contributed by atoms with Crippen molar-refractivity contribution in [3.8, 4) is 0 Å². The van der Waals surface area contributed by atoms with Crippen molar-refractivity contribution in [2.45, 2.75) is 38.5 Å². The fourth-order valence-corrected chi connectivity index (χ4v) is 2.95. The Balaban J connectivity index is 2.24. The van der Waals surface area contributed by atoms with E-state index in [1.807, 2.05) is 11.8 Å². The number of aromatic nitrogens is 2. The number of aryl methyl sites for hydroxylation is 1. The molecule has 1 aliphatic heterocycles. The Morgan fingerprint density at radius 2 is 2.26 bits per heavy atom. The van der Waals surface area contributed by atoms with Crippen molar-refractivity contribution in [1.29, 1.82) is 0 Å².